The van der Waals surface area contributed by atoms with Gasteiger partial charge in [0, 0.05) is 13.5 Å². The third-order valence-electron chi connectivity index (χ3n) is 3.67. The summed E-state index contributed by atoms with van der Waals surface area (Å²) in [6.45, 7) is 3.88. The standard InChI is InChI=1S/C12H14N4O4/c1-6-8(20-7(2)13-6)9(17)16-4-3-12(5-16)10(18)14-11(19)15-12/h3-5H2,1-2H3,(H2,14,15,18,19). The van der Waals surface area contributed by atoms with E-state index < -0.39 is 11.6 Å². The van der Waals surface area contributed by atoms with Crippen LogP contribution in [-0.4, -0.2) is 46.4 Å². The second-order valence-electron chi connectivity index (χ2n) is 5.11. The molecule has 20 heavy (non-hydrogen) atoms. The fourth-order valence-electron chi connectivity index (χ4n) is 2.67. The number of amides is 4. The van der Waals surface area contributed by atoms with Gasteiger partial charge in [-0.15, -0.1) is 0 Å². The Kier molecular flexibility index (Phi) is 2.56. The Labute approximate surface area is 114 Å². The van der Waals surface area contributed by atoms with Crippen molar-refractivity contribution < 1.29 is 18.8 Å². The average molecular weight is 278 g/mol. The molecule has 106 valence electrons. The number of urea groups is 1. The van der Waals surface area contributed by atoms with Gasteiger partial charge in [0.15, 0.2) is 5.89 Å². The molecule has 0 aromatic carbocycles. The smallest absolute Gasteiger partial charge is 0.322 e. The first-order valence-electron chi connectivity index (χ1n) is 6.28. The lowest BCUT2D eigenvalue weighted by atomic mass is 10.00. The van der Waals surface area contributed by atoms with Gasteiger partial charge in [0.1, 0.15) is 5.54 Å². The van der Waals surface area contributed by atoms with Gasteiger partial charge >= 0.3 is 6.03 Å². The molecule has 0 aliphatic carbocycles. The van der Waals surface area contributed by atoms with Gasteiger partial charge in [0.05, 0.1) is 12.2 Å². The van der Waals surface area contributed by atoms with E-state index >= 15 is 0 Å². The van der Waals surface area contributed by atoms with Crippen LogP contribution in [0.5, 0.6) is 0 Å². The topological polar surface area (TPSA) is 105 Å². The quantitative estimate of drug-likeness (QED) is 0.687. The van der Waals surface area contributed by atoms with Crippen LogP contribution in [-0.2, 0) is 4.79 Å². The molecule has 4 amide bonds. The molecule has 2 N–H and O–H groups in total. The molecule has 1 aromatic rings. The van der Waals surface area contributed by atoms with Crippen LogP contribution in [0.25, 0.3) is 0 Å². The molecule has 2 aliphatic rings. The number of hydrogen-bond acceptors (Lipinski definition) is 5. The second kappa shape index (κ2) is 4.06. The fourth-order valence-corrected chi connectivity index (χ4v) is 2.67. The molecule has 0 bridgehead atoms. The van der Waals surface area contributed by atoms with E-state index in [0.29, 0.717) is 24.6 Å². The molecule has 1 unspecified atom stereocenters. The van der Waals surface area contributed by atoms with Gasteiger partial charge in [-0.1, -0.05) is 0 Å². The van der Waals surface area contributed by atoms with E-state index in [1.807, 2.05) is 0 Å². The van der Waals surface area contributed by atoms with Crippen LogP contribution in [0.3, 0.4) is 0 Å². The highest BCUT2D eigenvalue weighted by Gasteiger charge is 2.52. The predicted octanol–water partition coefficient (Wildman–Crippen LogP) is -0.284. The van der Waals surface area contributed by atoms with E-state index in [2.05, 4.69) is 15.6 Å². The van der Waals surface area contributed by atoms with Gasteiger partial charge in [-0.2, -0.15) is 0 Å². The van der Waals surface area contributed by atoms with Gasteiger partial charge in [-0.3, -0.25) is 14.9 Å². The Morgan fingerprint density at radius 2 is 2.15 bits per heavy atom. The monoisotopic (exact) mass is 278 g/mol. The maximum Gasteiger partial charge on any atom is 0.322 e. The molecule has 1 spiro atoms. The van der Waals surface area contributed by atoms with E-state index in [1.54, 1.807) is 13.8 Å². The molecular formula is C12H14N4O4. The lowest BCUT2D eigenvalue weighted by Gasteiger charge is -2.20. The number of likely N-dealkylation sites (tertiary alicyclic amines) is 1. The van der Waals surface area contributed by atoms with Crippen molar-refractivity contribution in [3.8, 4) is 0 Å². The van der Waals surface area contributed by atoms with Crippen LogP contribution in [0.4, 0.5) is 4.79 Å². The van der Waals surface area contributed by atoms with Gasteiger partial charge < -0.3 is 14.6 Å². The van der Waals surface area contributed by atoms with Crippen LogP contribution in [0.15, 0.2) is 4.42 Å². The predicted molar refractivity (Wildman–Crippen MR) is 65.9 cm³/mol. The molecule has 3 heterocycles. The van der Waals surface area contributed by atoms with Gasteiger partial charge in [-0.05, 0) is 13.3 Å². The number of aromatic nitrogens is 1. The summed E-state index contributed by atoms with van der Waals surface area (Å²) < 4.78 is 5.30. The molecule has 2 saturated heterocycles. The maximum absolute atomic E-state index is 12.4. The minimum Gasteiger partial charge on any atom is -0.436 e. The zero-order chi connectivity index (χ0) is 14.5. The molecule has 3 rings (SSSR count). The van der Waals surface area contributed by atoms with Crippen molar-refractivity contribution in [3.05, 3.63) is 17.3 Å². The molecule has 1 atom stereocenters. The summed E-state index contributed by atoms with van der Waals surface area (Å²) in [6, 6.07) is -0.518. The highest BCUT2D eigenvalue weighted by atomic mass is 16.4. The van der Waals surface area contributed by atoms with Crippen LogP contribution >= 0.6 is 0 Å². The second-order valence-corrected chi connectivity index (χ2v) is 5.11. The summed E-state index contributed by atoms with van der Waals surface area (Å²) in [4.78, 5) is 41.0. The number of rotatable bonds is 1. The van der Waals surface area contributed by atoms with Crippen molar-refractivity contribution >= 4 is 17.8 Å². The van der Waals surface area contributed by atoms with Crippen molar-refractivity contribution in [2.45, 2.75) is 25.8 Å². The highest BCUT2D eigenvalue weighted by molar-refractivity contribution is 6.08. The molecule has 2 aliphatic heterocycles. The van der Waals surface area contributed by atoms with Gasteiger partial charge in [-0.25, -0.2) is 9.78 Å². The summed E-state index contributed by atoms with van der Waals surface area (Å²) in [5.74, 6) is -0.0897. The minimum absolute atomic E-state index is 0.141. The van der Waals surface area contributed by atoms with E-state index in [-0.39, 0.29) is 24.1 Å². The number of carbonyl (C=O) groups excluding carboxylic acids is 3. The van der Waals surface area contributed by atoms with Crippen molar-refractivity contribution in [1.82, 2.24) is 20.5 Å². The number of imide groups is 1. The Balaban J connectivity index is 1.81. The molecular weight excluding hydrogens is 264 g/mol. The Morgan fingerprint density at radius 3 is 2.70 bits per heavy atom. The maximum atomic E-state index is 12.4. The Bertz CT molecular complexity index is 623. The van der Waals surface area contributed by atoms with Crippen molar-refractivity contribution in [1.29, 1.82) is 0 Å². The zero-order valence-corrected chi connectivity index (χ0v) is 11.1. The molecule has 0 saturated carbocycles. The number of aryl methyl sites for hydroxylation is 2. The summed E-state index contributed by atoms with van der Waals surface area (Å²) in [5.41, 5.74) is -0.483. The molecule has 2 fully saturated rings. The first kappa shape index (κ1) is 12.6. The number of hydrogen-bond donors (Lipinski definition) is 2. The normalized spacial score (nSPS) is 25.2. The van der Waals surface area contributed by atoms with E-state index in [1.165, 1.54) is 4.90 Å². The first-order chi connectivity index (χ1) is 9.41. The molecule has 0 radical (unpaired) electrons. The van der Waals surface area contributed by atoms with E-state index in [9.17, 15) is 14.4 Å². The lowest BCUT2D eigenvalue weighted by molar-refractivity contribution is -0.123. The van der Waals surface area contributed by atoms with Crippen LogP contribution in [0.2, 0.25) is 0 Å². The van der Waals surface area contributed by atoms with Crippen LogP contribution in [0.1, 0.15) is 28.6 Å². The average Bonchev–Trinajstić information content (AvgIpc) is 3.00. The lowest BCUT2D eigenvalue weighted by Crippen LogP contribution is -2.49. The minimum atomic E-state index is -1.00. The number of oxazole rings is 1. The number of carbonyl (C=O) groups is 3. The van der Waals surface area contributed by atoms with Crippen molar-refractivity contribution in [3.63, 3.8) is 0 Å². The largest absolute Gasteiger partial charge is 0.436 e. The summed E-state index contributed by atoms with van der Waals surface area (Å²) in [5, 5.41) is 4.80. The first-order valence-corrected chi connectivity index (χ1v) is 6.28. The number of nitrogens with zero attached hydrogens (tertiary/aromatic N) is 2. The van der Waals surface area contributed by atoms with Crippen LogP contribution < -0.4 is 10.6 Å². The molecule has 1 aromatic heterocycles. The summed E-state index contributed by atoms with van der Waals surface area (Å²) in [7, 11) is 0. The molecule has 8 nitrogen and oxygen atoms in total. The Hall–Kier alpha value is -2.38. The SMILES string of the molecule is Cc1nc(C)c(C(=O)N2CCC3(C2)NC(=O)NC3=O)o1. The molecule has 8 heteroatoms. The van der Waals surface area contributed by atoms with Crippen LogP contribution in [0, 0.1) is 13.8 Å². The third kappa shape index (κ3) is 1.75. The van der Waals surface area contributed by atoms with Crippen molar-refractivity contribution in [2.75, 3.05) is 13.1 Å². The van der Waals surface area contributed by atoms with E-state index in [0.717, 1.165) is 0 Å². The highest BCUT2D eigenvalue weighted by Crippen LogP contribution is 2.26. The van der Waals surface area contributed by atoms with Gasteiger partial charge in [0.25, 0.3) is 11.8 Å². The van der Waals surface area contributed by atoms with Crippen molar-refractivity contribution in [2.24, 2.45) is 0 Å². The third-order valence-corrected chi connectivity index (χ3v) is 3.67. The Morgan fingerprint density at radius 1 is 1.40 bits per heavy atom. The fraction of sp³-hybridized carbons (Fsp3) is 0.500. The zero-order valence-electron chi connectivity index (χ0n) is 11.1. The number of nitrogens with one attached hydrogen (secondary N) is 2. The summed E-state index contributed by atoms with van der Waals surface area (Å²) in [6.07, 6.45) is 0.391. The summed E-state index contributed by atoms with van der Waals surface area (Å²) >= 11 is 0. The van der Waals surface area contributed by atoms with E-state index in [4.69, 9.17) is 4.42 Å². The van der Waals surface area contributed by atoms with Gasteiger partial charge in [0.2, 0.25) is 5.76 Å².